The highest BCUT2D eigenvalue weighted by molar-refractivity contribution is 7.85. The van der Waals surface area contributed by atoms with Crippen molar-refractivity contribution in [2.75, 3.05) is 18.8 Å². The van der Waals surface area contributed by atoms with Crippen molar-refractivity contribution >= 4 is 27.8 Å². The number of amides is 1. The van der Waals surface area contributed by atoms with Gasteiger partial charge in [-0.3, -0.25) is 9.35 Å². The molecule has 16 heavy (non-hydrogen) atoms. The molecule has 1 heterocycles. The molecular formula is C8H15ClN2O4S. The van der Waals surface area contributed by atoms with Crippen LogP contribution in [-0.2, 0) is 14.9 Å². The van der Waals surface area contributed by atoms with Gasteiger partial charge in [-0.05, 0) is 24.6 Å². The Bertz CT molecular complexity index is 362. The summed E-state index contributed by atoms with van der Waals surface area (Å²) in [5, 5.41) is 0. The number of carbonyl (C=O) groups excluding carboxylic acids is 1. The molecule has 94 valence electrons. The first kappa shape index (κ1) is 13.7. The Morgan fingerprint density at radius 3 is 2.31 bits per heavy atom. The topological polar surface area (TPSA) is 86.7 Å². The molecule has 1 fully saturated rings. The number of likely N-dealkylation sites (tertiary alicyclic amines) is 1. The maximum absolute atomic E-state index is 11.1. The number of nitrogens with zero attached hydrogens (tertiary/aromatic N) is 1. The second kappa shape index (κ2) is 4.87. The first-order valence-electron chi connectivity index (χ1n) is 4.86. The molecule has 0 aromatic carbocycles. The van der Waals surface area contributed by atoms with Gasteiger partial charge in [0.05, 0.1) is 11.3 Å². The number of hydrogen-bond acceptors (Lipinski definition) is 4. The molecule has 0 aromatic heterocycles. The summed E-state index contributed by atoms with van der Waals surface area (Å²) in [6.45, 7) is 2.33. The standard InChI is InChI=1S/C8H15ClN2O4S/c1-7(12)11-4-2-8(10-9,3-5-11)6-16(13,14)15/h10H,2-6H2,1H3,(H,13,14,15). The van der Waals surface area contributed by atoms with Gasteiger partial charge in [0.25, 0.3) is 10.1 Å². The van der Waals surface area contributed by atoms with E-state index >= 15 is 0 Å². The average molecular weight is 271 g/mol. The normalized spacial score (nSPS) is 20.8. The first-order valence-corrected chi connectivity index (χ1v) is 6.85. The van der Waals surface area contributed by atoms with Crippen LogP contribution in [-0.4, -0.2) is 48.2 Å². The number of nitrogens with one attached hydrogen (secondary N) is 1. The van der Waals surface area contributed by atoms with Gasteiger partial charge in [0.15, 0.2) is 0 Å². The van der Waals surface area contributed by atoms with Crippen LogP contribution in [0.25, 0.3) is 0 Å². The van der Waals surface area contributed by atoms with Gasteiger partial charge in [-0.2, -0.15) is 8.42 Å². The van der Waals surface area contributed by atoms with E-state index in [1.54, 1.807) is 4.90 Å². The molecule has 0 radical (unpaired) electrons. The van der Waals surface area contributed by atoms with Crippen LogP contribution in [0.3, 0.4) is 0 Å². The Labute approximate surface area is 99.8 Å². The molecule has 6 nitrogen and oxygen atoms in total. The summed E-state index contributed by atoms with van der Waals surface area (Å²) in [6.07, 6.45) is 0.797. The zero-order chi connectivity index (χ0) is 12.4. The zero-order valence-electron chi connectivity index (χ0n) is 8.94. The van der Waals surface area contributed by atoms with Crippen molar-refractivity contribution in [3.05, 3.63) is 0 Å². The molecule has 0 spiro atoms. The third-order valence-electron chi connectivity index (χ3n) is 2.83. The first-order chi connectivity index (χ1) is 7.28. The lowest BCUT2D eigenvalue weighted by atomic mass is 9.90. The van der Waals surface area contributed by atoms with Crippen molar-refractivity contribution < 1.29 is 17.8 Å². The molecule has 0 atom stereocenters. The minimum absolute atomic E-state index is 0.0463. The third kappa shape index (κ3) is 3.58. The summed E-state index contributed by atoms with van der Waals surface area (Å²) < 4.78 is 30.5. The molecule has 2 N–H and O–H groups in total. The van der Waals surface area contributed by atoms with Crippen molar-refractivity contribution in [2.24, 2.45) is 0 Å². The lowest BCUT2D eigenvalue weighted by molar-refractivity contribution is -0.130. The average Bonchev–Trinajstić information content (AvgIpc) is 2.16. The number of halogens is 1. The van der Waals surface area contributed by atoms with Gasteiger partial charge in [-0.25, -0.2) is 4.84 Å². The molecule has 0 saturated carbocycles. The molecule has 1 saturated heterocycles. The van der Waals surface area contributed by atoms with Crippen molar-refractivity contribution in [1.29, 1.82) is 0 Å². The minimum Gasteiger partial charge on any atom is -0.343 e. The quantitative estimate of drug-likeness (QED) is 0.557. The van der Waals surface area contributed by atoms with Crippen molar-refractivity contribution in [3.8, 4) is 0 Å². The molecule has 1 aliphatic rings. The van der Waals surface area contributed by atoms with Gasteiger partial charge < -0.3 is 4.90 Å². The van der Waals surface area contributed by atoms with Crippen LogP contribution in [0.1, 0.15) is 19.8 Å². The van der Waals surface area contributed by atoms with Gasteiger partial charge >= 0.3 is 0 Å². The Morgan fingerprint density at radius 2 is 2.00 bits per heavy atom. The zero-order valence-corrected chi connectivity index (χ0v) is 10.5. The molecule has 1 amide bonds. The van der Waals surface area contributed by atoms with Gasteiger partial charge in [0, 0.05) is 20.0 Å². The molecule has 1 rings (SSSR count). The number of rotatable bonds is 3. The molecule has 0 unspecified atom stereocenters. The minimum atomic E-state index is -4.08. The molecule has 1 aliphatic heterocycles. The van der Waals surface area contributed by atoms with Crippen LogP contribution in [0.2, 0.25) is 0 Å². The van der Waals surface area contributed by atoms with Gasteiger partial charge in [0.2, 0.25) is 5.91 Å². The summed E-state index contributed by atoms with van der Waals surface area (Å²) in [6, 6.07) is 0. The van der Waals surface area contributed by atoms with Crippen molar-refractivity contribution in [3.63, 3.8) is 0 Å². The molecule has 0 aliphatic carbocycles. The van der Waals surface area contributed by atoms with E-state index < -0.39 is 21.4 Å². The van der Waals surface area contributed by atoms with Crippen LogP contribution >= 0.6 is 11.8 Å². The monoisotopic (exact) mass is 270 g/mol. The lowest BCUT2D eigenvalue weighted by Crippen LogP contribution is -2.55. The highest BCUT2D eigenvalue weighted by atomic mass is 35.5. The second-order valence-electron chi connectivity index (χ2n) is 4.11. The van der Waals surface area contributed by atoms with Crippen molar-refractivity contribution in [2.45, 2.75) is 25.3 Å². The number of carbonyl (C=O) groups is 1. The van der Waals surface area contributed by atoms with Crippen LogP contribution < -0.4 is 4.84 Å². The van der Waals surface area contributed by atoms with E-state index in [4.69, 9.17) is 16.3 Å². The fourth-order valence-electron chi connectivity index (χ4n) is 1.86. The Balaban J connectivity index is 2.69. The van der Waals surface area contributed by atoms with Crippen LogP contribution in [0.4, 0.5) is 0 Å². The Morgan fingerprint density at radius 1 is 1.50 bits per heavy atom. The second-order valence-corrected chi connectivity index (χ2v) is 5.75. The summed E-state index contributed by atoms with van der Waals surface area (Å²) >= 11 is 5.54. The van der Waals surface area contributed by atoms with Gasteiger partial charge in [-0.1, -0.05) is 0 Å². The van der Waals surface area contributed by atoms with E-state index in [0.717, 1.165) is 0 Å². The molecule has 8 heteroatoms. The van der Waals surface area contributed by atoms with Crippen LogP contribution in [0, 0.1) is 0 Å². The van der Waals surface area contributed by atoms with E-state index in [0.29, 0.717) is 25.9 Å². The maximum Gasteiger partial charge on any atom is 0.266 e. The number of piperidine rings is 1. The van der Waals surface area contributed by atoms with Crippen LogP contribution in [0.5, 0.6) is 0 Å². The van der Waals surface area contributed by atoms with E-state index in [-0.39, 0.29) is 5.91 Å². The third-order valence-corrected chi connectivity index (χ3v) is 4.14. The fraction of sp³-hybridized carbons (Fsp3) is 0.875. The number of hydrogen-bond donors (Lipinski definition) is 2. The summed E-state index contributed by atoms with van der Waals surface area (Å²) in [5.41, 5.74) is -0.846. The predicted molar refractivity (Wildman–Crippen MR) is 59.6 cm³/mol. The lowest BCUT2D eigenvalue weighted by Gasteiger charge is -2.39. The Kier molecular flexibility index (Phi) is 4.17. The van der Waals surface area contributed by atoms with Gasteiger partial charge in [0.1, 0.15) is 0 Å². The summed E-state index contributed by atoms with van der Waals surface area (Å²) in [5.74, 6) is -0.482. The highest BCUT2D eigenvalue weighted by Crippen LogP contribution is 2.24. The van der Waals surface area contributed by atoms with E-state index in [1.165, 1.54) is 6.92 Å². The SMILES string of the molecule is CC(=O)N1CCC(CS(=O)(=O)O)(NCl)CC1. The fourth-order valence-corrected chi connectivity index (χ4v) is 3.26. The molecular weight excluding hydrogens is 256 g/mol. The van der Waals surface area contributed by atoms with Crippen molar-refractivity contribution in [1.82, 2.24) is 9.74 Å². The Hall–Kier alpha value is -0.370. The van der Waals surface area contributed by atoms with E-state index in [1.807, 2.05) is 0 Å². The molecule has 0 aromatic rings. The van der Waals surface area contributed by atoms with E-state index in [9.17, 15) is 13.2 Å². The summed E-state index contributed by atoms with van der Waals surface area (Å²) in [7, 11) is -4.08. The largest absolute Gasteiger partial charge is 0.343 e. The highest BCUT2D eigenvalue weighted by Gasteiger charge is 2.38. The maximum atomic E-state index is 11.1. The molecule has 0 bridgehead atoms. The summed E-state index contributed by atoms with van der Waals surface area (Å²) in [4.78, 5) is 15.1. The predicted octanol–water partition coefficient (Wildman–Crippen LogP) is -0.00130. The van der Waals surface area contributed by atoms with E-state index in [2.05, 4.69) is 4.84 Å². The van der Waals surface area contributed by atoms with Crippen LogP contribution in [0.15, 0.2) is 0 Å². The smallest absolute Gasteiger partial charge is 0.266 e. The van der Waals surface area contributed by atoms with Gasteiger partial charge in [-0.15, -0.1) is 0 Å².